The summed E-state index contributed by atoms with van der Waals surface area (Å²) in [5.41, 5.74) is -3.53. The van der Waals surface area contributed by atoms with Gasteiger partial charge in [-0.25, -0.2) is 13.9 Å². The first-order chi connectivity index (χ1) is 8.21. The van der Waals surface area contributed by atoms with E-state index in [1.54, 1.807) is 5.10 Å². The first-order valence-corrected chi connectivity index (χ1v) is 4.98. The Kier molecular flexibility index (Phi) is 2.78. The highest BCUT2D eigenvalue weighted by Gasteiger charge is 2.43. The van der Waals surface area contributed by atoms with Crippen molar-refractivity contribution in [2.45, 2.75) is 18.5 Å². The molecule has 1 aliphatic rings. The van der Waals surface area contributed by atoms with E-state index in [0.717, 1.165) is 11.1 Å². The van der Waals surface area contributed by atoms with Gasteiger partial charge in [0, 0.05) is 13.0 Å². The maximum atomic E-state index is 13.0. The van der Waals surface area contributed by atoms with Crippen LogP contribution in [-0.2, 0) is 6.18 Å². The Balaban J connectivity index is 2.47. The minimum absolute atomic E-state index is 0.249. The summed E-state index contributed by atoms with van der Waals surface area (Å²) in [6.45, 7) is -1.09. The summed E-state index contributed by atoms with van der Waals surface area (Å²) in [5, 5.41) is 4.88. The molecule has 0 aliphatic carbocycles. The molecule has 0 spiro atoms. The number of nitrogens with one attached hydrogen (secondary N) is 1. The van der Waals surface area contributed by atoms with Gasteiger partial charge in [0.2, 0.25) is 0 Å². The van der Waals surface area contributed by atoms with Crippen molar-refractivity contribution in [1.29, 1.82) is 0 Å². The van der Waals surface area contributed by atoms with Gasteiger partial charge >= 0.3 is 6.18 Å². The predicted molar refractivity (Wildman–Crippen MR) is 51.6 cm³/mol. The second-order valence-electron chi connectivity index (χ2n) is 3.98. The Bertz CT molecular complexity index is 510. The second-order valence-corrected chi connectivity index (χ2v) is 3.98. The molecule has 4 nitrogen and oxygen atoms in total. The molecule has 2 rings (SSSR count). The van der Waals surface area contributed by atoms with Gasteiger partial charge < -0.3 is 4.90 Å². The summed E-state index contributed by atoms with van der Waals surface area (Å²) in [6.07, 6.45) is -4.72. The Hall–Kier alpha value is -1.67. The molecule has 0 unspecified atom stereocenters. The third-order valence-corrected chi connectivity index (χ3v) is 2.63. The number of nitrogens with zero attached hydrogens (tertiary/aromatic N) is 2. The SMILES string of the molecule is O=c1[nH]ncc(N2CCC(F)(F)C2)c1C(F)(F)F. The number of hydrogen-bond acceptors (Lipinski definition) is 3. The Labute approximate surface area is 97.4 Å². The zero-order chi connectivity index (χ0) is 13.6. The fraction of sp³-hybridized carbons (Fsp3) is 0.556. The number of H-pyrrole nitrogens is 1. The molecule has 1 fully saturated rings. The molecular weight excluding hydrogens is 261 g/mol. The van der Waals surface area contributed by atoms with Crippen molar-refractivity contribution < 1.29 is 22.0 Å². The van der Waals surface area contributed by atoms with Crippen LogP contribution in [0.25, 0.3) is 0 Å². The van der Waals surface area contributed by atoms with Gasteiger partial charge in [-0.1, -0.05) is 0 Å². The van der Waals surface area contributed by atoms with Gasteiger partial charge in [0.15, 0.2) is 0 Å². The van der Waals surface area contributed by atoms with Crippen LogP contribution < -0.4 is 10.5 Å². The molecule has 0 atom stereocenters. The average molecular weight is 269 g/mol. The van der Waals surface area contributed by atoms with E-state index in [4.69, 9.17) is 0 Å². The van der Waals surface area contributed by atoms with E-state index in [-0.39, 0.29) is 6.54 Å². The van der Waals surface area contributed by atoms with E-state index in [1.807, 2.05) is 0 Å². The fourth-order valence-electron chi connectivity index (χ4n) is 1.84. The zero-order valence-corrected chi connectivity index (χ0v) is 8.89. The molecule has 0 radical (unpaired) electrons. The van der Waals surface area contributed by atoms with Gasteiger partial charge in [-0.3, -0.25) is 4.79 Å². The van der Waals surface area contributed by atoms with Crippen LogP contribution in [0.5, 0.6) is 0 Å². The highest BCUT2D eigenvalue weighted by molar-refractivity contribution is 5.53. The maximum absolute atomic E-state index is 13.0. The third-order valence-electron chi connectivity index (χ3n) is 2.63. The lowest BCUT2D eigenvalue weighted by atomic mass is 10.2. The Morgan fingerprint density at radius 1 is 1.39 bits per heavy atom. The molecule has 18 heavy (non-hydrogen) atoms. The molecule has 0 bridgehead atoms. The summed E-state index contributed by atoms with van der Waals surface area (Å²) >= 11 is 0. The van der Waals surface area contributed by atoms with Gasteiger partial charge in [0.05, 0.1) is 18.4 Å². The van der Waals surface area contributed by atoms with Crippen LogP contribution in [0.3, 0.4) is 0 Å². The van der Waals surface area contributed by atoms with Crippen LogP contribution in [-0.4, -0.2) is 29.2 Å². The molecule has 0 amide bonds. The van der Waals surface area contributed by atoms with Crippen LogP contribution in [0, 0.1) is 0 Å². The van der Waals surface area contributed by atoms with E-state index < -0.39 is 41.9 Å². The van der Waals surface area contributed by atoms with Crippen molar-refractivity contribution in [2.75, 3.05) is 18.0 Å². The smallest absolute Gasteiger partial charge is 0.363 e. The molecule has 2 heterocycles. The fourth-order valence-corrected chi connectivity index (χ4v) is 1.84. The number of halogens is 5. The molecular formula is C9H8F5N3O. The molecule has 9 heteroatoms. The first kappa shape index (κ1) is 12.8. The minimum Gasteiger partial charge on any atom is -0.363 e. The monoisotopic (exact) mass is 269 g/mol. The molecule has 1 aliphatic heterocycles. The highest BCUT2D eigenvalue weighted by Crippen LogP contribution is 2.37. The molecule has 0 aromatic carbocycles. The van der Waals surface area contributed by atoms with Crippen molar-refractivity contribution in [3.63, 3.8) is 0 Å². The summed E-state index contributed by atoms with van der Waals surface area (Å²) in [7, 11) is 0. The molecule has 0 saturated carbocycles. The van der Waals surface area contributed by atoms with E-state index >= 15 is 0 Å². The normalized spacial score (nSPS) is 19.3. The lowest BCUT2D eigenvalue weighted by Crippen LogP contribution is -2.31. The van der Waals surface area contributed by atoms with Crippen LogP contribution in [0.1, 0.15) is 12.0 Å². The minimum atomic E-state index is -4.91. The summed E-state index contributed by atoms with van der Waals surface area (Å²) < 4.78 is 64.0. The number of aromatic amines is 1. The van der Waals surface area contributed by atoms with Gasteiger partial charge in [-0.05, 0) is 0 Å². The van der Waals surface area contributed by atoms with E-state index in [0.29, 0.717) is 0 Å². The van der Waals surface area contributed by atoms with Crippen LogP contribution in [0.15, 0.2) is 11.0 Å². The van der Waals surface area contributed by atoms with Crippen molar-refractivity contribution in [2.24, 2.45) is 0 Å². The van der Waals surface area contributed by atoms with E-state index in [9.17, 15) is 26.7 Å². The Morgan fingerprint density at radius 3 is 2.56 bits per heavy atom. The van der Waals surface area contributed by atoms with Crippen molar-refractivity contribution in [1.82, 2.24) is 10.2 Å². The lowest BCUT2D eigenvalue weighted by molar-refractivity contribution is -0.138. The van der Waals surface area contributed by atoms with Gasteiger partial charge in [0.25, 0.3) is 11.5 Å². The molecule has 100 valence electrons. The lowest BCUT2D eigenvalue weighted by Gasteiger charge is -2.21. The molecule has 1 aromatic rings. The molecule has 1 aromatic heterocycles. The predicted octanol–water partition coefficient (Wildman–Crippen LogP) is 1.63. The summed E-state index contributed by atoms with van der Waals surface area (Å²) in [5.74, 6) is -3.05. The molecule has 1 N–H and O–H groups in total. The number of anilines is 1. The summed E-state index contributed by atoms with van der Waals surface area (Å²) in [4.78, 5) is 12.0. The third kappa shape index (κ3) is 2.29. The van der Waals surface area contributed by atoms with Gasteiger partial charge in [0.1, 0.15) is 5.56 Å². The number of alkyl halides is 5. The topological polar surface area (TPSA) is 49.0 Å². The Morgan fingerprint density at radius 2 is 2.06 bits per heavy atom. The van der Waals surface area contributed by atoms with Crippen molar-refractivity contribution >= 4 is 5.69 Å². The second kappa shape index (κ2) is 3.92. The highest BCUT2D eigenvalue weighted by atomic mass is 19.4. The van der Waals surface area contributed by atoms with Crippen LogP contribution in [0.4, 0.5) is 27.6 Å². The van der Waals surface area contributed by atoms with Crippen molar-refractivity contribution in [3.05, 3.63) is 22.1 Å². The standard InChI is InChI=1S/C9H8F5N3O/c10-8(11)1-2-17(4-8)5-3-15-16-7(18)6(5)9(12,13)14/h3H,1-2,4H2,(H,16,18). The quantitative estimate of drug-likeness (QED) is 0.788. The largest absolute Gasteiger partial charge is 0.423 e. The summed E-state index contributed by atoms with van der Waals surface area (Å²) in [6, 6.07) is 0. The number of aromatic nitrogens is 2. The number of hydrogen-bond donors (Lipinski definition) is 1. The van der Waals surface area contributed by atoms with Gasteiger partial charge in [-0.2, -0.15) is 18.3 Å². The van der Waals surface area contributed by atoms with Crippen LogP contribution in [0.2, 0.25) is 0 Å². The van der Waals surface area contributed by atoms with Crippen LogP contribution >= 0.6 is 0 Å². The van der Waals surface area contributed by atoms with Crippen molar-refractivity contribution in [3.8, 4) is 0 Å². The number of rotatable bonds is 1. The zero-order valence-electron chi connectivity index (χ0n) is 8.89. The van der Waals surface area contributed by atoms with E-state index in [2.05, 4.69) is 5.10 Å². The van der Waals surface area contributed by atoms with E-state index in [1.165, 1.54) is 0 Å². The maximum Gasteiger partial charge on any atom is 0.423 e. The first-order valence-electron chi connectivity index (χ1n) is 4.98. The molecule has 1 saturated heterocycles. The van der Waals surface area contributed by atoms with Gasteiger partial charge in [-0.15, -0.1) is 0 Å². The average Bonchev–Trinajstić information content (AvgIpc) is 2.56.